The lowest BCUT2D eigenvalue weighted by Crippen LogP contribution is -2.24. The highest BCUT2D eigenvalue weighted by Gasteiger charge is 2.18. The molecule has 0 aliphatic rings. The number of aromatic nitrogens is 4. The molecule has 1 aromatic carbocycles. The Balaban J connectivity index is 2.23. The standard InChI is InChI=1S/C9H11BrN6O2S/c10-7-2-1-6(4-11)3-8(7)19(17,18)12-5-9-13-15-16-14-9/h1-3,12H,4-5,11H2,(H,13,14,15,16). The summed E-state index contributed by atoms with van der Waals surface area (Å²) in [6.07, 6.45) is 0. The van der Waals surface area contributed by atoms with E-state index in [9.17, 15) is 8.42 Å². The minimum Gasteiger partial charge on any atom is -0.326 e. The summed E-state index contributed by atoms with van der Waals surface area (Å²) in [6, 6.07) is 4.91. The van der Waals surface area contributed by atoms with Gasteiger partial charge in [-0.15, -0.1) is 10.2 Å². The molecule has 0 aliphatic carbocycles. The van der Waals surface area contributed by atoms with Crippen LogP contribution in [0.4, 0.5) is 0 Å². The van der Waals surface area contributed by atoms with Gasteiger partial charge in [0.25, 0.3) is 0 Å². The number of benzene rings is 1. The van der Waals surface area contributed by atoms with Crippen LogP contribution in [0.1, 0.15) is 11.4 Å². The largest absolute Gasteiger partial charge is 0.326 e. The summed E-state index contributed by atoms with van der Waals surface area (Å²) in [5.41, 5.74) is 6.23. The fourth-order valence-electron chi connectivity index (χ4n) is 1.38. The van der Waals surface area contributed by atoms with E-state index in [1.54, 1.807) is 12.1 Å². The van der Waals surface area contributed by atoms with Crippen LogP contribution in [0.15, 0.2) is 27.6 Å². The highest BCUT2D eigenvalue weighted by molar-refractivity contribution is 9.10. The minimum atomic E-state index is -3.67. The Morgan fingerprint density at radius 2 is 2.21 bits per heavy atom. The number of nitrogens with one attached hydrogen (secondary N) is 2. The van der Waals surface area contributed by atoms with Crippen molar-refractivity contribution < 1.29 is 8.42 Å². The second kappa shape index (κ2) is 5.74. The molecular formula is C9H11BrN6O2S. The Morgan fingerprint density at radius 1 is 1.42 bits per heavy atom. The number of H-pyrrole nitrogens is 1. The SMILES string of the molecule is NCc1ccc(Br)c(S(=O)(=O)NCc2nn[nH]n2)c1. The highest BCUT2D eigenvalue weighted by atomic mass is 79.9. The maximum absolute atomic E-state index is 12.1. The third-order valence-electron chi connectivity index (χ3n) is 2.33. The van der Waals surface area contributed by atoms with Gasteiger partial charge >= 0.3 is 0 Å². The van der Waals surface area contributed by atoms with Gasteiger partial charge in [0.1, 0.15) is 0 Å². The molecule has 2 rings (SSSR count). The number of sulfonamides is 1. The molecule has 0 saturated heterocycles. The van der Waals surface area contributed by atoms with E-state index in [4.69, 9.17) is 5.73 Å². The molecule has 0 spiro atoms. The number of tetrazole rings is 1. The van der Waals surface area contributed by atoms with Crippen molar-refractivity contribution >= 4 is 26.0 Å². The molecule has 10 heteroatoms. The van der Waals surface area contributed by atoms with E-state index in [0.717, 1.165) is 5.56 Å². The van der Waals surface area contributed by atoms with Crippen LogP contribution in [0, 0.1) is 0 Å². The van der Waals surface area contributed by atoms with E-state index in [2.05, 4.69) is 41.3 Å². The van der Waals surface area contributed by atoms with Crippen LogP contribution >= 0.6 is 15.9 Å². The van der Waals surface area contributed by atoms with Crippen molar-refractivity contribution in [3.8, 4) is 0 Å². The molecule has 19 heavy (non-hydrogen) atoms. The first kappa shape index (κ1) is 14.1. The number of hydrogen-bond acceptors (Lipinski definition) is 6. The van der Waals surface area contributed by atoms with Crippen LogP contribution < -0.4 is 10.5 Å². The van der Waals surface area contributed by atoms with Crippen LogP contribution in [0.25, 0.3) is 0 Å². The van der Waals surface area contributed by atoms with Gasteiger partial charge in [-0.25, -0.2) is 13.1 Å². The number of halogens is 1. The van der Waals surface area contributed by atoms with E-state index in [1.807, 2.05) is 0 Å². The molecule has 2 aromatic rings. The Kier molecular flexibility index (Phi) is 4.24. The van der Waals surface area contributed by atoms with Crippen molar-refractivity contribution in [2.75, 3.05) is 0 Å². The van der Waals surface area contributed by atoms with Crippen molar-refractivity contribution in [2.24, 2.45) is 5.73 Å². The van der Waals surface area contributed by atoms with E-state index in [-0.39, 0.29) is 23.8 Å². The van der Waals surface area contributed by atoms with Crippen LogP contribution in [-0.4, -0.2) is 29.0 Å². The van der Waals surface area contributed by atoms with Gasteiger partial charge in [0, 0.05) is 11.0 Å². The van der Waals surface area contributed by atoms with Crippen LogP contribution in [0.3, 0.4) is 0 Å². The second-order valence-corrected chi connectivity index (χ2v) is 6.21. The molecule has 8 nitrogen and oxygen atoms in total. The Hall–Kier alpha value is -1.36. The smallest absolute Gasteiger partial charge is 0.242 e. The van der Waals surface area contributed by atoms with E-state index in [0.29, 0.717) is 4.47 Å². The van der Waals surface area contributed by atoms with Gasteiger partial charge in [-0.05, 0) is 33.6 Å². The summed E-state index contributed by atoms with van der Waals surface area (Å²) in [5.74, 6) is 0.259. The average Bonchev–Trinajstić information content (AvgIpc) is 2.90. The zero-order chi connectivity index (χ0) is 13.9. The second-order valence-electron chi connectivity index (χ2n) is 3.62. The first-order valence-electron chi connectivity index (χ1n) is 5.23. The predicted octanol–water partition coefficient (Wildman–Crippen LogP) is -0.101. The molecule has 0 amide bonds. The summed E-state index contributed by atoms with van der Waals surface area (Å²) in [5, 5.41) is 12.9. The summed E-state index contributed by atoms with van der Waals surface area (Å²) < 4.78 is 27.1. The molecule has 102 valence electrons. The van der Waals surface area contributed by atoms with E-state index < -0.39 is 10.0 Å². The summed E-state index contributed by atoms with van der Waals surface area (Å²) in [7, 11) is -3.67. The van der Waals surface area contributed by atoms with Gasteiger partial charge in [-0.2, -0.15) is 5.21 Å². The molecule has 0 bridgehead atoms. The molecule has 1 aromatic heterocycles. The lowest BCUT2D eigenvalue weighted by molar-refractivity contribution is 0.578. The lowest BCUT2D eigenvalue weighted by atomic mass is 10.2. The fourth-order valence-corrected chi connectivity index (χ4v) is 3.37. The van der Waals surface area contributed by atoms with Gasteiger partial charge in [0.2, 0.25) is 10.0 Å². The molecular weight excluding hydrogens is 336 g/mol. The third kappa shape index (κ3) is 3.35. The maximum atomic E-state index is 12.1. The van der Waals surface area contributed by atoms with Gasteiger partial charge in [0.05, 0.1) is 11.4 Å². The van der Waals surface area contributed by atoms with Crippen molar-refractivity contribution in [1.29, 1.82) is 0 Å². The Morgan fingerprint density at radius 3 is 2.84 bits per heavy atom. The maximum Gasteiger partial charge on any atom is 0.242 e. The van der Waals surface area contributed by atoms with Gasteiger partial charge in [-0.1, -0.05) is 11.3 Å². The van der Waals surface area contributed by atoms with Crippen molar-refractivity contribution in [3.63, 3.8) is 0 Å². The number of rotatable bonds is 5. The quantitative estimate of drug-likeness (QED) is 0.693. The average molecular weight is 347 g/mol. The lowest BCUT2D eigenvalue weighted by Gasteiger charge is -2.08. The van der Waals surface area contributed by atoms with Crippen molar-refractivity contribution in [3.05, 3.63) is 34.1 Å². The van der Waals surface area contributed by atoms with Gasteiger partial charge < -0.3 is 5.73 Å². The molecule has 0 atom stereocenters. The third-order valence-corrected chi connectivity index (χ3v) is 4.73. The topological polar surface area (TPSA) is 127 Å². The summed E-state index contributed by atoms with van der Waals surface area (Å²) in [6.45, 7) is 0.221. The zero-order valence-electron chi connectivity index (χ0n) is 9.67. The summed E-state index contributed by atoms with van der Waals surface area (Å²) in [4.78, 5) is 0.124. The Labute approximate surface area is 118 Å². The predicted molar refractivity (Wildman–Crippen MR) is 70.2 cm³/mol. The van der Waals surface area contributed by atoms with E-state index >= 15 is 0 Å². The fraction of sp³-hybridized carbons (Fsp3) is 0.222. The highest BCUT2D eigenvalue weighted by Crippen LogP contribution is 2.23. The van der Waals surface area contributed by atoms with Crippen LogP contribution in [0.5, 0.6) is 0 Å². The summed E-state index contributed by atoms with van der Waals surface area (Å²) >= 11 is 3.20. The normalized spacial score (nSPS) is 11.7. The first-order chi connectivity index (χ1) is 9.03. The first-order valence-corrected chi connectivity index (χ1v) is 7.51. The Bertz CT molecular complexity index is 657. The van der Waals surface area contributed by atoms with E-state index in [1.165, 1.54) is 6.07 Å². The minimum absolute atomic E-state index is 0.0435. The molecule has 1 heterocycles. The van der Waals surface area contributed by atoms with Crippen LogP contribution in [-0.2, 0) is 23.1 Å². The zero-order valence-corrected chi connectivity index (χ0v) is 12.1. The molecule has 0 aliphatic heterocycles. The molecule has 4 N–H and O–H groups in total. The monoisotopic (exact) mass is 346 g/mol. The number of hydrogen-bond donors (Lipinski definition) is 3. The van der Waals surface area contributed by atoms with Gasteiger partial charge in [0.15, 0.2) is 5.82 Å². The van der Waals surface area contributed by atoms with Gasteiger partial charge in [-0.3, -0.25) is 0 Å². The molecule has 0 unspecified atom stereocenters. The van der Waals surface area contributed by atoms with Crippen molar-refractivity contribution in [2.45, 2.75) is 18.0 Å². The number of aromatic amines is 1. The number of nitrogens with two attached hydrogens (primary N) is 1. The molecule has 0 fully saturated rings. The number of nitrogens with zero attached hydrogens (tertiary/aromatic N) is 3. The molecule has 0 radical (unpaired) electrons. The van der Waals surface area contributed by atoms with Crippen molar-refractivity contribution in [1.82, 2.24) is 25.3 Å². The molecule has 0 saturated carbocycles. The van der Waals surface area contributed by atoms with Crippen LogP contribution in [0.2, 0.25) is 0 Å².